The van der Waals surface area contributed by atoms with E-state index in [2.05, 4.69) is 14.9 Å². The van der Waals surface area contributed by atoms with Gasteiger partial charge >= 0.3 is 0 Å². The second kappa shape index (κ2) is 6.28. The van der Waals surface area contributed by atoms with Gasteiger partial charge < -0.3 is 4.52 Å². The average Bonchev–Trinajstić information content (AvgIpc) is 2.99. The molecule has 6 nitrogen and oxygen atoms in total. The Morgan fingerprint density at radius 1 is 1.07 bits per heavy atom. The SMILES string of the molecule is Cc1cccc(S(=O)(=O)NC2C(c3nc(-c4ccccc4)no3)C2(C)C)c1. The summed E-state index contributed by atoms with van der Waals surface area (Å²) in [6.07, 6.45) is 0. The summed E-state index contributed by atoms with van der Waals surface area (Å²) in [6.45, 7) is 5.85. The molecule has 0 amide bonds. The Morgan fingerprint density at radius 2 is 1.81 bits per heavy atom. The quantitative estimate of drug-likeness (QED) is 0.729. The molecule has 0 aliphatic heterocycles. The number of benzene rings is 2. The lowest BCUT2D eigenvalue weighted by atomic mass is 10.1. The maximum absolute atomic E-state index is 12.7. The largest absolute Gasteiger partial charge is 0.339 e. The fourth-order valence-electron chi connectivity index (χ4n) is 3.40. The first-order valence-electron chi connectivity index (χ1n) is 8.77. The highest BCUT2D eigenvalue weighted by Gasteiger charge is 2.63. The molecule has 140 valence electrons. The number of aryl methyl sites for hydroxylation is 1. The van der Waals surface area contributed by atoms with Gasteiger partial charge in [-0.1, -0.05) is 61.5 Å². The van der Waals surface area contributed by atoms with Gasteiger partial charge in [-0.15, -0.1) is 0 Å². The summed E-state index contributed by atoms with van der Waals surface area (Å²) >= 11 is 0. The number of rotatable bonds is 5. The van der Waals surface area contributed by atoms with Gasteiger partial charge in [0.1, 0.15) is 0 Å². The van der Waals surface area contributed by atoms with Gasteiger partial charge in [0, 0.05) is 11.6 Å². The Morgan fingerprint density at radius 3 is 2.52 bits per heavy atom. The van der Waals surface area contributed by atoms with E-state index in [-0.39, 0.29) is 22.3 Å². The Bertz CT molecular complexity index is 1070. The average molecular weight is 383 g/mol. The number of hydrogen-bond acceptors (Lipinski definition) is 5. The topological polar surface area (TPSA) is 85.1 Å². The van der Waals surface area contributed by atoms with Crippen LogP contribution in [-0.4, -0.2) is 24.6 Å². The lowest BCUT2D eigenvalue weighted by molar-refractivity contribution is 0.368. The van der Waals surface area contributed by atoms with Crippen LogP contribution in [0.15, 0.2) is 64.0 Å². The van der Waals surface area contributed by atoms with Crippen molar-refractivity contribution >= 4 is 10.0 Å². The van der Waals surface area contributed by atoms with Gasteiger partial charge in [0.2, 0.25) is 21.7 Å². The Hall–Kier alpha value is -2.51. The predicted molar refractivity (Wildman–Crippen MR) is 102 cm³/mol. The minimum absolute atomic E-state index is 0.165. The van der Waals surface area contributed by atoms with E-state index in [0.29, 0.717) is 11.7 Å². The highest BCUT2D eigenvalue weighted by Crippen LogP contribution is 2.58. The van der Waals surface area contributed by atoms with Gasteiger partial charge in [0.15, 0.2) is 0 Å². The van der Waals surface area contributed by atoms with E-state index in [0.717, 1.165) is 11.1 Å². The van der Waals surface area contributed by atoms with Crippen LogP contribution < -0.4 is 4.72 Å². The van der Waals surface area contributed by atoms with E-state index in [1.807, 2.05) is 57.2 Å². The van der Waals surface area contributed by atoms with Crippen LogP contribution >= 0.6 is 0 Å². The van der Waals surface area contributed by atoms with E-state index < -0.39 is 10.0 Å². The van der Waals surface area contributed by atoms with Crippen molar-refractivity contribution in [2.24, 2.45) is 5.41 Å². The molecule has 0 saturated heterocycles. The van der Waals surface area contributed by atoms with Crippen LogP contribution in [0.2, 0.25) is 0 Å². The van der Waals surface area contributed by atoms with Gasteiger partial charge in [-0.05, 0) is 30.0 Å². The molecule has 1 saturated carbocycles. The van der Waals surface area contributed by atoms with Crippen molar-refractivity contribution in [3.8, 4) is 11.4 Å². The number of sulfonamides is 1. The second-order valence-corrected chi connectivity index (χ2v) is 9.25. The van der Waals surface area contributed by atoms with Crippen molar-refractivity contribution in [2.75, 3.05) is 0 Å². The van der Waals surface area contributed by atoms with E-state index in [1.54, 1.807) is 18.2 Å². The third-order valence-electron chi connectivity index (χ3n) is 5.15. The van der Waals surface area contributed by atoms with Gasteiger partial charge in [0.25, 0.3) is 0 Å². The van der Waals surface area contributed by atoms with Crippen LogP contribution in [0, 0.1) is 12.3 Å². The molecular weight excluding hydrogens is 362 g/mol. The predicted octanol–water partition coefficient (Wildman–Crippen LogP) is 3.52. The van der Waals surface area contributed by atoms with Crippen LogP contribution in [0.5, 0.6) is 0 Å². The van der Waals surface area contributed by atoms with Crippen LogP contribution in [-0.2, 0) is 10.0 Å². The molecular formula is C20H21N3O3S. The van der Waals surface area contributed by atoms with E-state index in [1.165, 1.54) is 0 Å². The molecule has 2 atom stereocenters. The number of hydrogen-bond donors (Lipinski definition) is 1. The smallest absolute Gasteiger partial charge is 0.240 e. The molecule has 4 rings (SSSR count). The zero-order valence-electron chi connectivity index (χ0n) is 15.4. The Labute approximate surface area is 158 Å². The van der Waals surface area contributed by atoms with Gasteiger partial charge in [-0.25, -0.2) is 13.1 Å². The van der Waals surface area contributed by atoms with Crippen LogP contribution in [0.4, 0.5) is 0 Å². The first kappa shape index (κ1) is 17.9. The molecule has 1 aliphatic rings. The van der Waals surface area contributed by atoms with Crippen LogP contribution in [0.25, 0.3) is 11.4 Å². The summed E-state index contributed by atoms with van der Waals surface area (Å²) in [5.74, 6) is 0.798. The molecule has 7 heteroatoms. The standard InChI is InChI=1S/C20H21N3O3S/c1-13-8-7-11-15(12-13)27(24,25)23-17-16(20(17,2)3)19-21-18(22-26-19)14-9-5-4-6-10-14/h4-12,16-17,23H,1-3H3. The van der Waals surface area contributed by atoms with Crippen molar-refractivity contribution in [2.45, 2.75) is 37.6 Å². The lowest BCUT2D eigenvalue weighted by Gasteiger charge is -2.08. The Kier molecular flexibility index (Phi) is 4.16. The minimum atomic E-state index is -3.62. The summed E-state index contributed by atoms with van der Waals surface area (Å²) in [5.41, 5.74) is 1.45. The minimum Gasteiger partial charge on any atom is -0.339 e. The fourth-order valence-corrected chi connectivity index (χ4v) is 4.91. The summed E-state index contributed by atoms with van der Waals surface area (Å²) in [6, 6.07) is 16.1. The third kappa shape index (κ3) is 3.28. The summed E-state index contributed by atoms with van der Waals surface area (Å²) in [4.78, 5) is 4.76. The van der Waals surface area contributed by atoms with Gasteiger partial charge in [-0.2, -0.15) is 4.98 Å². The van der Waals surface area contributed by atoms with Crippen molar-refractivity contribution in [3.05, 3.63) is 66.1 Å². The number of aromatic nitrogens is 2. The highest BCUT2D eigenvalue weighted by molar-refractivity contribution is 7.89. The molecule has 27 heavy (non-hydrogen) atoms. The summed E-state index contributed by atoms with van der Waals surface area (Å²) < 4.78 is 33.8. The maximum Gasteiger partial charge on any atom is 0.240 e. The van der Waals surface area contributed by atoms with Gasteiger partial charge in [-0.3, -0.25) is 0 Å². The van der Waals surface area contributed by atoms with Gasteiger partial charge in [0.05, 0.1) is 10.8 Å². The van der Waals surface area contributed by atoms with E-state index in [9.17, 15) is 8.42 Å². The van der Waals surface area contributed by atoms with Crippen molar-refractivity contribution < 1.29 is 12.9 Å². The van der Waals surface area contributed by atoms with E-state index >= 15 is 0 Å². The molecule has 1 aromatic heterocycles. The lowest BCUT2D eigenvalue weighted by Crippen LogP contribution is -2.29. The third-order valence-corrected chi connectivity index (χ3v) is 6.59. The van der Waals surface area contributed by atoms with Crippen LogP contribution in [0.3, 0.4) is 0 Å². The molecule has 1 aliphatic carbocycles. The highest BCUT2D eigenvalue weighted by atomic mass is 32.2. The number of nitrogens with one attached hydrogen (secondary N) is 1. The van der Waals surface area contributed by atoms with Crippen molar-refractivity contribution in [1.29, 1.82) is 0 Å². The summed E-state index contributed by atoms with van der Waals surface area (Å²) in [7, 11) is -3.62. The van der Waals surface area contributed by atoms with E-state index in [4.69, 9.17) is 4.52 Å². The zero-order chi connectivity index (χ0) is 19.2. The molecule has 0 bridgehead atoms. The molecule has 2 aromatic carbocycles. The number of nitrogens with zero attached hydrogens (tertiary/aromatic N) is 2. The first-order valence-corrected chi connectivity index (χ1v) is 10.3. The maximum atomic E-state index is 12.7. The first-order chi connectivity index (χ1) is 12.8. The molecule has 0 spiro atoms. The van der Waals surface area contributed by atoms with Crippen LogP contribution in [0.1, 0.15) is 31.2 Å². The second-order valence-electron chi connectivity index (χ2n) is 7.54. The van der Waals surface area contributed by atoms with Crippen molar-refractivity contribution in [1.82, 2.24) is 14.9 Å². The zero-order valence-corrected chi connectivity index (χ0v) is 16.2. The molecule has 2 unspecified atom stereocenters. The fraction of sp³-hybridized carbons (Fsp3) is 0.300. The molecule has 0 radical (unpaired) electrons. The van der Waals surface area contributed by atoms with Crippen molar-refractivity contribution in [3.63, 3.8) is 0 Å². The molecule has 1 heterocycles. The Balaban J connectivity index is 1.57. The molecule has 1 fully saturated rings. The monoisotopic (exact) mass is 383 g/mol. The normalized spacial score (nSPS) is 21.1. The molecule has 3 aromatic rings. The summed E-state index contributed by atoms with van der Waals surface area (Å²) in [5, 5.41) is 4.05. The molecule has 1 N–H and O–H groups in total.